The molecule has 0 unspecified atom stereocenters. The number of benzene rings is 1. The third-order valence-electron chi connectivity index (χ3n) is 5.52. The largest absolute Gasteiger partial charge is 0.336 e. The highest BCUT2D eigenvalue weighted by molar-refractivity contribution is 7.89. The van der Waals surface area contributed by atoms with E-state index in [9.17, 15) is 13.2 Å². The van der Waals surface area contributed by atoms with Crippen LogP contribution in [-0.4, -0.2) is 67.7 Å². The average molecular weight is 454 g/mol. The summed E-state index contributed by atoms with van der Waals surface area (Å²) in [5.74, 6) is -0.205. The first-order valence-electron chi connectivity index (χ1n) is 9.77. The first kappa shape index (κ1) is 20.8. The van der Waals surface area contributed by atoms with Crippen molar-refractivity contribution in [1.82, 2.24) is 14.1 Å². The van der Waals surface area contributed by atoms with Crippen LogP contribution >= 0.6 is 22.9 Å². The smallest absolute Gasteiger partial charge is 0.255 e. The van der Waals surface area contributed by atoms with Crippen molar-refractivity contribution in [1.29, 1.82) is 0 Å². The Bertz CT molecular complexity index is 965. The van der Waals surface area contributed by atoms with Gasteiger partial charge in [0, 0.05) is 45.8 Å². The minimum absolute atomic E-state index is 0.142. The summed E-state index contributed by atoms with van der Waals surface area (Å²) < 4.78 is 27.2. The number of sulfonamides is 1. The maximum Gasteiger partial charge on any atom is 0.255 e. The van der Waals surface area contributed by atoms with E-state index in [-0.39, 0.29) is 21.4 Å². The molecule has 1 aromatic heterocycles. The molecule has 0 atom stereocenters. The van der Waals surface area contributed by atoms with Crippen LogP contribution in [0.4, 0.5) is 0 Å². The van der Waals surface area contributed by atoms with E-state index in [0.717, 1.165) is 32.5 Å². The fourth-order valence-electron chi connectivity index (χ4n) is 3.83. The quantitative estimate of drug-likeness (QED) is 0.697. The molecule has 2 aromatic rings. The summed E-state index contributed by atoms with van der Waals surface area (Å²) in [4.78, 5) is 17.3. The zero-order valence-electron chi connectivity index (χ0n) is 16.1. The van der Waals surface area contributed by atoms with Crippen LogP contribution in [0, 0.1) is 0 Å². The predicted molar refractivity (Wildman–Crippen MR) is 115 cm³/mol. The monoisotopic (exact) mass is 453 g/mol. The van der Waals surface area contributed by atoms with Gasteiger partial charge >= 0.3 is 0 Å². The molecule has 0 saturated carbocycles. The molecule has 0 N–H and O–H groups in total. The van der Waals surface area contributed by atoms with E-state index in [1.54, 1.807) is 16.2 Å². The van der Waals surface area contributed by atoms with Crippen molar-refractivity contribution in [3.63, 3.8) is 0 Å². The van der Waals surface area contributed by atoms with Crippen molar-refractivity contribution in [2.45, 2.75) is 24.3 Å². The van der Waals surface area contributed by atoms with E-state index in [2.05, 4.69) is 21.7 Å². The van der Waals surface area contributed by atoms with E-state index >= 15 is 0 Å². The van der Waals surface area contributed by atoms with Gasteiger partial charge in [-0.25, -0.2) is 8.42 Å². The number of rotatable bonds is 5. The Balaban J connectivity index is 1.46. The van der Waals surface area contributed by atoms with E-state index < -0.39 is 10.0 Å². The van der Waals surface area contributed by atoms with Gasteiger partial charge in [-0.05, 0) is 53.4 Å². The molecule has 2 aliphatic rings. The van der Waals surface area contributed by atoms with Crippen molar-refractivity contribution in [3.8, 4) is 0 Å². The normalized spacial score (nSPS) is 19.0. The number of thiophene rings is 1. The lowest BCUT2D eigenvalue weighted by Crippen LogP contribution is -2.48. The van der Waals surface area contributed by atoms with Crippen molar-refractivity contribution in [2.24, 2.45) is 0 Å². The average Bonchev–Trinajstić information content (AvgIpc) is 3.43. The van der Waals surface area contributed by atoms with Gasteiger partial charge in [0.15, 0.2) is 0 Å². The Morgan fingerprint density at radius 3 is 2.41 bits per heavy atom. The Morgan fingerprint density at radius 2 is 1.76 bits per heavy atom. The molecule has 9 heteroatoms. The van der Waals surface area contributed by atoms with E-state index in [4.69, 9.17) is 11.6 Å². The first-order valence-corrected chi connectivity index (χ1v) is 12.5. The van der Waals surface area contributed by atoms with Crippen LogP contribution in [0.3, 0.4) is 0 Å². The lowest BCUT2D eigenvalue weighted by molar-refractivity contribution is 0.0628. The lowest BCUT2D eigenvalue weighted by Gasteiger charge is -2.34. The van der Waals surface area contributed by atoms with Gasteiger partial charge in [0.2, 0.25) is 10.0 Å². The number of hydrogen-bond acceptors (Lipinski definition) is 5. The third-order valence-corrected chi connectivity index (χ3v) is 8.47. The highest BCUT2D eigenvalue weighted by Crippen LogP contribution is 2.26. The lowest BCUT2D eigenvalue weighted by atomic mass is 10.1. The molecule has 29 heavy (non-hydrogen) atoms. The van der Waals surface area contributed by atoms with Crippen molar-refractivity contribution in [3.05, 3.63) is 51.2 Å². The molecule has 2 saturated heterocycles. The number of amides is 1. The fraction of sp³-hybridized carbons (Fsp3) is 0.450. The maximum absolute atomic E-state index is 13.1. The van der Waals surface area contributed by atoms with E-state index in [1.165, 1.54) is 28.1 Å². The number of halogens is 1. The molecule has 0 radical (unpaired) electrons. The van der Waals surface area contributed by atoms with Gasteiger partial charge in [0.1, 0.15) is 0 Å². The highest BCUT2D eigenvalue weighted by Gasteiger charge is 2.30. The molecule has 3 heterocycles. The Hall–Kier alpha value is -1.45. The molecule has 4 rings (SSSR count). The van der Waals surface area contributed by atoms with Gasteiger partial charge in [-0.1, -0.05) is 11.6 Å². The zero-order valence-corrected chi connectivity index (χ0v) is 18.5. The maximum atomic E-state index is 13.1. The van der Waals surface area contributed by atoms with Crippen LogP contribution in [-0.2, 0) is 16.6 Å². The third kappa shape index (κ3) is 4.51. The van der Waals surface area contributed by atoms with Crippen molar-refractivity contribution < 1.29 is 13.2 Å². The van der Waals surface area contributed by atoms with Crippen LogP contribution in [0.15, 0.2) is 39.9 Å². The van der Waals surface area contributed by atoms with Gasteiger partial charge in [-0.2, -0.15) is 15.6 Å². The summed E-state index contributed by atoms with van der Waals surface area (Å²) in [6.45, 7) is 4.71. The second-order valence-corrected chi connectivity index (χ2v) is 10.6. The first-order chi connectivity index (χ1) is 13.9. The van der Waals surface area contributed by atoms with Gasteiger partial charge in [-0.15, -0.1) is 0 Å². The Labute approximate surface area is 180 Å². The highest BCUT2D eigenvalue weighted by atomic mass is 35.5. The van der Waals surface area contributed by atoms with Gasteiger partial charge in [0.05, 0.1) is 15.5 Å². The molecule has 6 nitrogen and oxygen atoms in total. The van der Waals surface area contributed by atoms with Crippen LogP contribution in [0.25, 0.3) is 0 Å². The predicted octanol–water partition coefficient (Wildman–Crippen LogP) is 3.14. The van der Waals surface area contributed by atoms with Crippen LogP contribution in [0.1, 0.15) is 28.8 Å². The fourth-order valence-corrected chi connectivity index (χ4v) is 6.23. The molecule has 156 valence electrons. The standard InChI is InChI=1S/C20H24ClN3O3S2/c21-19-4-3-17(29(26,27)24-6-1-2-7-24)13-18(19)20(25)23-10-8-22(9-11-23)14-16-5-12-28-15-16/h3-5,12-13,15H,1-2,6-11,14H2. The van der Waals surface area contributed by atoms with Gasteiger partial charge in [0.25, 0.3) is 5.91 Å². The number of nitrogens with zero attached hydrogens (tertiary/aromatic N) is 3. The summed E-state index contributed by atoms with van der Waals surface area (Å²) in [6.07, 6.45) is 1.74. The number of piperazine rings is 1. The second kappa shape index (κ2) is 8.73. The molecular weight excluding hydrogens is 430 g/mol. The van der Waals surface area contributed by atoms with E-state index in [0.29, 0.717) is 26.2 Å². The number of carbonyl (C=O) groups is 1. The topological polar surface area (TPSA) is 60.9 Å². The molecule has 0 spiro atoms. The van der Waals surface area contributed by atoms with Crippen molar-refractivity contribution >= 4 is 38.9 Å². The minimum Gasteiger partial charge on any atom is -0.336 e. The summed E-state index contributed by atoms with van der Waals surface area (Å²) in [5, 5.41) is 4.50. The SMILES string of the molecule is O=C(c1cc(S(=O)(=O)N2CCCC2)ccc1Cl)N1CCN(Cc2ccsc2)CC1. The Morgan fingerprint density at radius 1 is 1.03 bits per heavy atom. The van der Waals surface area contributed by atoms with Gasteiger partial charge in [-0.3, -0.25) is 9.69 Å². The summed E-state index contributed by atoms with van der Waals surface area (Å²) in [5.41, 5.74) is 1.55. The molecular formula is C20H24ClN3O3S2. The number of carbonyl (C=O) groups excluding carboxylic acids is 1. The summed E-state index contributed by atoms with van der Waals surface area (Å²) in [6, 6.07) is 6.57. The van der Waals surface area contributed by atoms with Gasteiger partial charge < -0.3 is 4.90 Å². The number of hydrogen-bond donors (Lipinski definition) is 0. The summed E-state index contributed by atoms with van der Waals surface area (Å²) in [7, 11) is -3.58. The zero-order chi connectivity index (χ0) is 20.4. The van der Waals surface area contributed by atoms with Crippen molar-refractivity contribution in [2.75, 3.05) is 39.3 Å². The Kier molecular flexibility index (Phi) is 6.27. The molecule has 2 aliphatic heterocycles. The van der Waals surface area contributed by atoms with Crippen LogP contribution in [0.5, 0.6) is 0 Å². The van der Waals surface area contributed by atoms with Crippen LogP contribution < -0.4 is 0 Å². The van der Waals surface area contributed by atoms with Crippen LogP contribution in [0.2, 0.25) is 5.02 Å². The van der Waals surface area contributed by atoms with E-state index in [1.807, 2.05) is 0 Å². The second-order valence-electron chi connectivity index (χ2n) is 7.45. The molecule has 1 amide bonds. The molecule has 1 aromatic carbocycles. The minimum atomic E-state index is -3.58. The molecule has 0 bridgehead atoms. The molecule has 2 fully saturated rings. The molecule has 0 aliphatic carbocycles. The summed E-state index contributed by atoms with van der Waals surface area (Å²) >= 11 is 7.96.